The highest BCUT2D eigenvalue weighted by Gasteiger charge is 2.68. The molecule has 8 rings (SSSR count). The predicted molar refractivity (Wildman–Crippen MR) is 176 cm³/mol. The van der Waals surface area contributed by atoms with Gasteiger partial charge in [0.25, 0.3) is 5.91 Å². The SMILES string of the molecule is C[C@@H](NC(=O)[C@@]1(O)CCC2C3CCC4=Cc5c(cnn5-c5ccc(F)cc5)C[C@]4(C)C3C(O)C[C@@]21C)c1cccc2ccccc12. The predicted octanol–water partition coefficient (Wildman–Crippen LogP) is 6.93. The largest absolute Gasteiger partial charge is 0.393 e. The minimum absolute atomic E-state index is 0.0212. The first-order valence-corrected chi connectivity index (χ1v) is 16.8. The normalized spacial score (nSPS) is 33.7. The van der Waals surface area contributed by atoms with Crippen molar-refractivity contribution in [3.63, 3.8) is 0 Å². The topological polar surface area (TPSA) is 87.4 Å². The van der Waals surface area contributed by atoms with Gasteiger partial charge in [-0.1, -0.05) is 61.9 Å². The molecule has 1 aromatic heterocycles. The second-order valence-electron chi connectivity index (χ2n) is 14.9. The van der Waals surface area contributed by atoms with Gasteiger partial charge >= 0.3 is 0 Å². The molecule has 1 heterocycles. The Labute approximate surface area is 269 Å². The zero-order valence-electron chi connectivity index (χ0n) is 26.7. The monoisotopic (exact) mass is 619 g/mol. The number of rotatable bonds is 4. The molecule has 0 aliphatic heterocycles. The van der Waals surface area contributed by atoms with Crippen molar-refractivity contribution in [2.75, 3.05) is 0 Å². The van der Waals surface area contributed by atoms with Crippen LogP contribution in [0.15, 0.2) is 78.5 Å². The highest BCUT2D eigenvalue weighted by molar-refractivity contribution is 5.89. The van der Waals surface area contributed by atoms with Crippen LogP contribution in [0.2, 0.25) is 0 Å². The van der Waals surface area contributed by atoms with Crippen LogP contribution < -0.4 is 5.32 Å². The minimum atomic E-state index is -1.56. The van der Waals surface area contributed by atoms with E-state index in [1.54, 1.807) is 12.1 Å². The van der Waals surface area contributed by atoms with E-state index >= 15 is 0 Å². The lowest BCUT2D eigenvalue weighted by atomic mass is 9.45. The van der Waals surface area contributed by atoms with Crippen molar-refractivity contribution >= 4 is 22.8 Å². The maximum atomic E-state index is 14.1. The average Bonchev–Trinajstić information content (AvgIpc) is 3.56. The van der Waals surface area contributed by atoms with Crippen molar-refractivity contribution in [1.82, 2.24) is 15.1 Å². The molecule has 4 aliphatic rings. The number of hydrogen-bond donors (Lipinski definition) is 3. The van der Waals surface area contributed by atoms with E-state index in [-0.39, 0.29) is 40.9 Å². The van der Waals surface area contributed by atoms with Crippen LogP contribution in [0.1, 0.15) is 75.7 Å². The van der Waals surface area contributed by atoms with Crippen LogP contribution in [0, 0.1) is 34.4 Å². The van der Waals surface area contributed by atoms with Crippen LogP contribution >= 0.6 is 0 Å². The molecule has 0 radical (unpaired) electrons. The fraction of sp³-hybridized carbons (Fsp3) is 0.436. The molecule has 3 aromatic carbocycles. The summed E-state index contributed by atoms with van der Waals surface area (Å²) in [5, 5.41) is 34.4. The Hall–Kier alpha value is -3.81. The van der Waals surface area contributed by atoms with Crippen molar-refractivity contribution in [3.8, 4) is 5.69 Å². The minimum Gasteiger partial charge on any atom is -0.393 e. The van der Waals surface area contributed by atoms with Crippen LogP contribution in [0.3, 0.4) is 0 Å². The summed E-state index contributed by atoms with van der Waals surface area (Å²) < 4.78 is 15.5. The first-order chi connectivity index (χ1) is 22.0. The maximum absolute atomic E-state index is 14.1. The van der Waals surface area contributed by atoms with Gasteiger partial charge in [0.15, 0.2) is 0 Å². The molecular formula is C39H42FN3O3. The van der Waals surface area contributed by atoms with Crippen LogP contribution in [0.5, 0.6) is 0 Å². The standard InChI is InChI=1S/C39H42FN3O3/c1-23(29-10-6-8-24-7-4-5-9-30(24)29)42-36(45)39(46)18-17-32-31-16-11-26-19-33-25(22-41-43(33)28-14-12-27(40)13-15-28)20-37(26,2)35(31)34(44)21-38(32,39)3/h4-10,12-15,19,22-23,31-32,34-35,44,46H,11,16-18,20-21H2,1-3H3,(H,42,45)/t23-,31?,32?,34?,35?,37+,38+,39+/m1/s1. The van der Waals surface area contributed by atoms with Gasteiger partial charge in [0, 0.05) is 5.41 Å². The van der Waals surface area contributed by atoms with Gasteiger partial charge in [-0.2, -0.15) is 5.10 Å². The molecule has 4 unspecified atom stereocenters. The van der Waals surface area contributed by atoms with Gasteiger partial charge in [0.05, 0.1) is 29.7 Å². The number of benzene rings is 3. The molecule has 3 saturated carbocycles. The molecule has 6 nitrogen and oxygen atoms in total. The van der Waals surface area contributed by atoms with Gasteiger partial charge in [-0.05, 0) is 121 Å². The Bertz CT molecular complexity index is 1880. The lowest BCUT2D eigenvalue weighted by molar-refractivity contribution is -0.181. The second-order valence-corrected chi connectivity index (χ2v) is 14.9. The number of carbonyl (C=O) groups excluding carboxylic acids is 1. The smallest absolute Gasteiger partial charge is 0.253 e. The number of halogens is 1. The van der Waals surface area contributed by atoms with Gasteiger partial charge in [0.2, 0.25) is 0 Å². The van der Waals surface area contributed by atoms with Crippen LogP contribution in [0.4, 0.5) is 4.39 Å². The number of aliphatic hydroxyl groups excluding tert-OH is 1. The number of amides is 1. The summed E-state index contributed by atoms with van der Waals surface area (Å²) >= 11 is 0. The number of fused-ring (bicyclic) bond motifs is 7. The van der Waals surface area contributed by atoms with Crippen LogP contribution in [-0.2, 0) is 11.2 Å². The van der Waals surface area contributed by atoms with E-state index in [1.165, 1.54) is 17.7 Å². The Kier molecular flexibility index (Phi) is 6.65. The van der Waals surface area contributed by atoms with E-state index in [2.05, 4.69) is 41.6 Å². The molecule has 4 aliphatic carbocycles. The first kappa shape index (κ1) is 29.6. The van der Waals surface area contributed by atoms with Crippen LogP contribution in [0.25, 0.3) is 22.5 Å². The Balaban J connectivity index is 1.07. The molecule has 238 valence electrons. The zero-order chi connectivity index (χ0) is 32.0. The molecule has 8 atom stereocenters. The number of aliphatic hydroxyl groups is 2. The fourth-order valence-corrected chi connectivity index (χ4v) is 10.4. The lowest BCUT2D eigenvalue weighted by Crippen LogP contribution is -2.63. The third kappa shape index (κ3) is 4.13. The quantitative estimate of drug-likeness (QED) is 0.231. The van der Waals surface area contributed by atoms with Crippen molar-refractivity contribution in [3.05, 3.63) is 101 Å². The van der Waals surface area contributed by atoms with Gasteiger partial charge < -0.3 is 15.5 Å². The number of hydrogen-bond acceptors (Lipinski definition) is 4. The molecule has 1 amide bonds. The summed E-state index contributed by atoms with van der Waals surface area (Å²) in [6.07, 6.45) is 7.63. The van der Waals surface area contributed by atoms with E-state index in [9.17, 15) is 19.4 Å². The molecule has 0 bridgehead atoms. The number of nitrogens with one attached hydrogen (secondary N) is 1. The highest BCUT2D eigenvalue weighted by atomic mass is 19.1. The zero-order valence-corrected chi connectivity index (χ0v) is 26.7. The molecule has 0 spiro atoms. The molecule has 3 N–H and O–H groups in total. The van der Waals surface area contributed by atoms with Crippen molar-refractivity contribution in [2.24, 2.45) is 28.6 Å². The number of aromatic nitrogens is 2. The summed E-state index contributed by atoms with van der Waals surface area (Å²) in [5.74, 6) is -0.259. The van der Waals surface area contributed by atoms with E-state index in [4.69, 9.17) is 0 Å². The molecule has 7 heteroatoms. The first-order valence-electron chi connectivity index (χ1n) is 16.8. The molecule has 46 heavy (non-hydrogen) atoms. The third-order valence-electron chi connectivity index (χ3n) is 12.7. The highest BCUT2D eigenvalue weighted by Crippen LogP contribution is 2.67. The summed E-state index contributed by atoms with van der Waals surface area (Å²) in [7, 11) is 0. The van der Waals surface area contributed by atoms with E-state index in [0.29, 0.717) is 12.8 Å². The Morgan fingerprint density at radius 1 is 1.07 bits per heavy atom. The van der Waals surface area contributed by atoms with E-state index < -0.39 is 17.1 Å². The van der Waals surface area contributed by atoms with E-state index in [1.807, 2.05) is 49.0 Å². The van der Waals surface area contributed by atoms with Gasteiger partial charge in [-0.15, -0.1) is 0 Å². The number of nitrogens with zero attached hydrogens (tertiary/aromatic N) is 2. The molecule has 0 saturated heterocycles. The van der Waals surface area contributed by atoms with Crippen molar-refractivity contribution < 1.29 is 19.4 Å². The van der Waals surface area contributed by atoms with Gasteiger partial charge in [-0.25, -0.2) is 9.07 Å². The summed E-state index contributed by atoms with van der Waals surface area (Å²) in [4.78, 5) is 14.1. The molecule has 3 fully saturated rings. The van der Waals surface area contributed by atoms with Crippen LogP contribution in [-0.4, -0.2) is 37.6 Å². The summed E-state index contributed by atoms with van der Waals surface area (Å²) in [6.45, 7) is 6.32. The summed E-state index contributed by atoms with van der Waals surface area (Å²) in [6, 6.07) is 20.4. The number of allylic oxidation sites excluding steroid dienone is 1. The van der Waals surface area contributed by atoms with Crippen molar-refractivity contribution in [1.29, 1.82) is 0 Å². The molecule has 4 aromatic rings. The van der Waals surface area contributed by atoms with Crippen molar-refractivity contribution in [2.45, 2.75) is 77.0 Å². The van der Waals surface area contributed by atoms with Gasteiger partial charge in [0.1, 0.15) is 11.4 Å². The Morgan fingerprint density at radius 2 is 1.83 bits per heavy atom. The van der Waals surface area contributed by atoms with E-state index in [0.717, 1.165) is 59.0 Å². The summed E-state index contributed by atoms with van der Waals surface area (Å²) in [5.41, 5.74) is 2.78. The lowest BCUT2D eigenvalue weighted by Gasteiger charge is -2.60. The maximum Gasteiger partial charge on any atom is 0.253 e. The average molecular weight is 620 g/mol. The number of carbonyl (C=O) groups is 1. The van der Waals surface area contributed by atoms with Gasteiger partial charge in [-0.3, -0.25) is 4.79 Å². The molecular weight excluding hydrogens is 577 g/mol. The fourth-order valence-electron chi connectivity index (χ4n) is 10.4. The second kappa shape index (κ2) is 10.3. The third-order valence-corrected chi connectivity index (χ3v) is 12.7. The Morgan fingerprint density at radius 3 is 2.63 bits per heavy atom.